The van der Waals surface area contributed by atoms with Crippen molar-refractivity contribution < 1.29 is 15.0 Å². The number of aromatic hydroxyl groups is 2. The van der Waals surface area contributed by atoms with Gasteiger partial charge < -0.3 is 10.2 Å². The molecule has 1 aromatic rings. The normalized spacial score (nSPS) is 10.1. The minimum atomic E-state index is -0.252. The van der Waals surface area contributed by atoms with Gasteiger partial charge in [0.15, 0.2) is 17.3 Å². The summed E-state index contributed by atoms with van der Waals surface area (Å²) in [7, 11) is 0. The molecule has 0 spiro atoms. The van der Waals surface area contributed by atoms with Crippen LogP contribution in [0.15, 0.2) is 18.2 Å². The molecule has 1 rings (SSSR count). The number of thioether (sulfide) groups is 1. The molecule has 76 valence electrons. The van der Waals surface area contributed by atoms with E-state index in [0.29, 0.717) is 11.3 Å². The van der Waals surface area contributed by atoms with E-state index >= 15 is 0 Å². The molecule has 0 aliphatic heterocycles. The number of rotatable bonds is 4. The summed E-state index contributed by atoms with van der Waals surface area (Å²) in [5, 5.41) is 18.2. The van der Waals surface area contributed by atoms with E-state index in [1.54, 1.807) is 0 Å². The zero-order chi connectivity index (χ0) is 10.6. The van der Waals surface area contributed by atoms with Gasteiger partial charge in [0.1, 0.15) is 0 Å². The van der Waals surface area contributed by atoms with Crippen LogP contribution < -0.4 is 0 Å². The molecule has 0 fully saturated rings. The van der Waals surface area contributed by atoms with Crippen molar-refractivity contribution in [3.05, 3.63) is 23.8 Å². The van der Waals surface area contributed by atoms with Crippen LogP contribution in [0.25, 0.3) is 0 Å². The predicted molar refractivity (Wildman–Crippen MR) is 57.1 cm³/mol. The van der Waals surface area contributed by atoms with Gasteiger partial charge in [0.2, 0.25) is 0 Å². The Bertz CT molecular complexity index is 336. The standard InChI is InChI=1S/C10H12O3S/c1-2-14-6-10(13)7-3-4-8(11)9(12)5-7/h3-5,11-12H,2,6H2,1H3. The number of carbonyl (C=O) groups is 1. The van der Waals surface area contributed by atoms with Gasteiger partial charge in [-0.05, 0) is 24.0 Å². The van der Waals surface area contributed by atoms with Crippen LogP contribution in [-0.2, 0) is 0 Å². The van der Waals surface area contributed by atoms with Crippen LogP contribution in [0.5, 0.6) is 11.5 Å². The highest BCUT2D eigenvalue weighted by atomic mass is 32.2. The Hall–Kier alpha value is -1.16. The van der Waals surface area contributed by atoms with Crippen LogP contribution in [0, 0.1) is 0 Å². The lowest BCUT2D eigenvalue weighted by Crippen LogP contribution is -2.02. The second-order valence-corrected chi connectivity index (χ2v) is 4.04. The van der Waals surface area contributed by atoms with Crippen molar-refractivity contribution in [1.82, 2.24) is 0 Å². The van der Waals surface area contributed by atoms with Crippen LogP contribution in [-0.4, -0.2) is 27.5 Å². The second kappa shape index (κ2) is 4.91. The molecule has 0 aliphatic carbocycles. The summed E-state index contributed by atoms with van der Waals surface area (Å²) in [5.41, 5.74) is 0.432. The Morgan fingerprint density at radius 1 is 1.36 bits per heavy atom. The van der Waals surface area contributed by atoms with Crippen molar-refractivity contribution in [2.75, 3.05) is 11.5 Å². The third-order valence-electron chi connectivity index (χ3n) is 1.73. The molecule has 0 unspecified atom stereocenters. The highest BCUT2D eigenvalue weighted by Gasteiger charge is 2.08. The number of benzene rings is 1. The lowest BCUT2D eigenvalue weighted by molar-refractivity contribution is 0.102. The third-order valence-corrected chi connectivity index (χ3v) is 2.61. The van der Waals surface area contributed by atoms with Gasteiger partial charge in [-0.1, -0.05) is 6.92 Å². The molecule has 0 saturated carbocycles. The van der Waals surface area contributed by atoms with Crippen molar-refractivity contribution in [1.29, 1.82) is 0 Å². The average molecular weight is 212 g/mol. The quantitative estimate of drug-likeness (QED) is 0.592. The van der Waals surface area contributed by atoms with Crippen molar-refractivity contribution in [2.24, 2.45) is 0 Å². The Balaban J connectivity index is 2.76. The third kappa shape index (κ3) is 2.67. The number of carbonyl (C=O) groups excluding carboxylic acids is 1. The minimum Gasteiger partial charge on any atom is -0.504 e. The molecular formula is C10H12O3S. The lowest BCUT2D eigenvalue weighted by atomic mass is 10.1. The van der Waals surface area contributed by atoms with Gasteiger partial charge >= 0.3 is 0 Å². The van der Waals surface area contributed by atoms with Gasteiger partial charge in [0, 0.05) is 5.56 Å². The molecule has 14 heavy (non-hydrogen) atoms. The van der Waals surface area contributed by atoms with E-state index in [2.05, 4.69) is 0 Å². The van der Waals surface area contributed by atoms with Crippen molar-refractivity contribution in [3.63, 3.8) is 0 Å². The van der Waals surface area contributed by atoms with Crippen LogP contribution in [0.1, 0.15) is 17.3 Å². The Kier molecular flexibility index (Phi) is 3.83. The average Bonchev–Trinajstić information content (AvgIpc) is 2.18. The summed E-state index contributed by atoms with van der Waals surface area (Å²) in [6.07, 6.45) is 0. The predicted octanol–water partition coefficient (Wildman–Crippen LogP) is 2.03. The number of ketones is 1. The van der Waals surface area contributed by atoms with Gasteiger partial charge in [-0.3, -0.25) is 4.79 Å². The van der Waals surface area contributed by atoms with Gasteiger partial charge in [0.25, 0.3) is 0 Å². The van der Waals surface area contributed by atoms with Crippen molar-refractivity contribution in [3.8, 4) is 11.5 Å². The van der Waals surface area contributed by atoms with Crippen LogP contribution in [0.3, 0.4) is 0 Å². The van der Waals surface area contributed by atoms with Gasteiger partial charge in [-0.15, -0.1) is 0 Å². The number of hydrogen-bond acceptors (Lipinski definition) is 4. The molecule has 0 bridgehead atoms. The number of Topliss-reactive ketones (excluding diaryl/α,β-unsaturated/α-hetero) is 1. The Labute approximate surface area is 86.8 Å². The largest absolute Gasteiger partial charge is 0.504 e. The fourth-order valence-corrected chi connectivity index (χ4v) is 1.53. The fraction of sp³-hybridized carbons (Fsp3) is 0.300. The molecule has 1 aromatic carbocycles. The molecule has 0 heterocycles. The molecule has 0 aromatic heterocycles. The molecule has 0 atom stereocenters. The highest BCUT2D eigenvalue weighted by molar-refractivity contribution is 7.99. The summed E-state index contributed by atoms with van der Waals surface area (Å²) in [6, 6.07) is 4.11. The molecule has 0 radical (unpaired) electrons. The van der Waals surface area contributed by atoms with Crippen LogP contribution in [0.4, 0.5) is 0 Å². The van der Waals surface area contributed by atoms with E-state index in [0.717, 1.165) is 5.75 Å². The van der Waals surface area contributed by atoms with E-state index in [-0.39, 0.29) is 17.3 Å². The van der Waals surface area contributed by atoms with Crippen LogP contribution in [0.2, 0.25) is 0 Å². The first kappa shape index (κ1) is 10.9. The maximum Gasteiger partial charge on any atom is 0.172 e. The fourth-order valence-electron chi connectivity index (χ4n) is 0.975. The summed E-state index contributed by atoms with van der Waals surface area (Å²) in [6.45, 7) is 1.98. The van der Waals surface area contributed by atoms with E-state index in [4.69, 9.17) is 10.2 Å². The molecule has 3 nitrogen and oxygen atoms in total. The Morgan fingerprint density at radius 3 is 2.64 bits per heavy atom. The van der Waals surface area contributed by atoms with Gasteiger partial charge in [-0.2, -0.15) is 11.8 Å². The van der Waals surface area contributed by atoms with Gasteiger partial charge in [0.05, 0.1) is 5.75 Å². The summed E-state index contributed by atoms with van der Waals surface area (Å²) < 4.78 is 0. The minimum absolute atomic E-state index is 0.0350. The highest BCUT2D eigenvalue weighted by Crippen LogP contribution is 2.25. The summed E-state index contributed by atoms with van der Waals surface area (Å²) >= 11 is 1.53. The monoisotopic (exact) mass is 212 g/mol. The summed E-state index contributed by atoms with van der Waals surface area (Å²) in [5.74, 6) is 0.797. The maximum atomic E-state index is 11.5. The molecule has 0 aliphatic rings. The van der Waals surface area contributed by atoms with Crippen LogP contribution >= 0.6 is 11.8 Å². The molecule has 2 N–H and O–H groups in total. The Morgan fingerprint density at radius 2 is 2.07 bits per heavy atom. The second-order valence-electron chi connectivity index (χ2n) is 2.76. The molecule has 4 heteroatoms. The first-order chi connectivity index (χ1) is 6.65. The van der Waals surface area contributed by atoms with E-state index in [1.807, 2.05) is 6.92 Å². The zero-order valence-electron chi connectivity index (χ0n) is 7.86. The number of phenolic OH excluding ortho intramolecular Hbond substituents is 2. The summed E-state index contributed by atoms with van der Waals surface area (Å²) in [4.78, 5) is 11.5. The number of hydrogen-bond donors (Lipinski definition) is 2. The topological polar surface area (TPSA) is 57.5 Å². The van der Waals surface area contributed by atoms with E-state index < -0.39 is 0 Å². The van der Waals surface area contributed by atoms with E-state index in [9.17, 15) is 4.79 Å². The number of phenols is 2. The van der Waals surface area contributed by atoms with E-state index in [1.165, 1.54) is 30.0 Å². The van der Waals surface area contributed by atoms with Crippen molar-refractivity contribution >= 4 is 17.5 Å². The zero-order valence-corrected chi connectivity index (χ0v) is 8.67. The lowest BCUT2D eigenvalue weighted by Gasteiger charge is -2.01. The van der Waals surface area contributed by atoms with Crippen molar-refractivity contribution in [2.45, 2.75) is 6.92 Å². The molecule has 0 saturated heterocycles. The first-order valence-electron chi connectivity index (χ1n) is 4.28. The van der Waals surface area contributed by atoms with Gasteiger partial charge in [-0.25, -0.2) is 0 Å². The molecule has 0 amide bonds. The first-order valence-corrected chi connectivity index (χ1v) is 5.43. The molecular weight excluding hydrogens is 200 g/mol. The SMILES string of the molecule is CCSCC(=O)c1ccc(O)c(O)c1. The smallest absolute Gasteiger partial charge is 0.172 e. The maximum absolute atomic E-state index is 11.5.